The number of carbonyl (C=O) groups excluding carboxylic acids is 2. The summed E-state index contributed by atoms with van der Waals surface area (Å²) in [5.41, 5.74) is 2.29. The lowest BCUT2D eigenvalue weighted by Crippen LogP contribution is -2.44. The molecule has 0 unspecified atom stereocenters. The van der Waals surface area contributed by atoms with Crippen LogP contribution in [0.25, 0.3) is 10.9 Å². The molecule has 0 spiro atoms. The van der Waals surface area contributed by atoms with Gasteiger partial charge in [-0.15, -0.1) is 0 Å². The number of nitrogens with one attached hydrogen (secondary N) is 3. The minimum absolute atomic E-state index is 0.00786. The Hall–Kier alpha value is -3.55. The van der Waals surface area contributed by atoms with Gasteiger partial charge in [0.15, 0.2) is 6.61 Å². The molecule has 0 saturated carbocycles. The van der Waals surface area contributed by atoms with Crippen LogP contribution < -0.4 is 20.3 Å². The van der Waals surface area contributed by atoms with E-state index < -0.39 is 0 Å². The van der Waals surface area contributed by atoms with Crippen molar-refractivity contribution >= 4 is 34.2 Å². The molecule has 4 rings (SSSR count). The lowest BCUT2D eigenvalue weighted by Gasteiger charge is -2.29. The van der Waals surface area contributed by atoms with Gasteiger partial charge in [0, 0.05) is 24.2 Å². The number of aromatic nitrogens is 2. The fourth-order valence-corrected chi connectivity index (χ4v) is 2.88. The average Bonchev–Trinajstić information content (AvgIpc) is 3.11. The van der Waals surface area contributed by atoms with E-state index in [2.05, 4.69) is 20.8 Å². The summed E-state index contributed by atoms with van der Waals surface area (Å²) in [6, 6.07) is 12.5. The monoisotopic (exact) mass is 351 g/mol. The number of urea groups is 1. The molecular weight excluding hydrogens is 334 g/mol. The molecule has 1 aromatic heterocycles. The smallest absolute Gasteiger partial charge is 0.319 e. The summed E-state index contributed by atoms with van der Waals surface area (Å²) in [5, 5.41) is 13.3. The number of para-hydroxylation sites is 2. The highest BCUT2D eigenvalue weighted by molar-refractivity contribution is 5.98. The summed E-state index contributed by atoms with van der Waals surface area (Å²) in [7, 11) is 0. The first kappa shape index (κ1) is 15.9. The molecule has 3 amide bonds. The third-order valence-electron chi connectivity index (χ3n) is 4.13. The Kier molecular flexibility index (Phi) is 4.14. The largest absolute Gasteiger partial charge is 0.482 e. The van der Waals surface area contributed by atoms with Gasteiger partial charge in [0.1, 0.15) is 5.75 Å². The molecule has 1 aliphatic heterocycles. The number of H-pyrrole nitrogens is 1. The summed E-state index contributed by atoms with van der Waals surface area (Å²) in [6.45, 7) is 0.696. The number of aromatic amines is 1. The molecule has 8 nitrogen and oxygen atoms in total. The van der Waals surface area contributed by atoms with E-state index in [1.54, 1.807) is 17.2 Å². The first-order valence-electron chi connectivity index (χ1n) is 8.21. The molecule has 3 aromatic rings. The van der Waals surface area contributed by atoms with Crippen molar-refractivity contribution < 1.29 is 14.3 Å². The fraction of sp³-hybridized carbons (Fsp3) is 0.167. The first-order valence-corrected chi connectivity index (χ1v) is 8.21. The Morgan fingerprint density at radius 2 is 2.15 bits per heavy atom. The van der Waals surface area contributed by atoms with Gasteiger partial charge in [-0.05, 0) is 30.3 Å². The molecule has 0 atom stereocenters. The van der Waals surface area contributed by atoms with Crippen LogP contribution in [-0.2, 0) is 4.79 Å². The maximum Gasteiger partial charge on any atom is 0.319 e. The minimum Gasteiger partial charge on any atom is -0.482 e. The summed E-state index contributed by atoms with van der Waals surface area (Å²) in [4.78, 5) is 25.8. The lowest BCUT2D eigenvalue weighted by molar-refractivity contribution is -0.121. The van der Waals surface area contributed by atoms with Crippen LogP contribution in [0.4, 0.5) is 16.2 Å². The van der Waals surface area contributed by atoms with E-state index in [1.807, 2.05) is 36.4 Å². The van der Waals surface area contributed by atoms with Crippen LogP contribution in [-0.4, -0.2) is 41.8 Å². The standard InChI is InChI=1S/C18H17N5O3/c24-17-11-26-16-4-2-1-3-15(16)23(17)8-7-19-18(25)21-13-5-6-14-12(9-13)10-20-22-14/h1-6,9-10H,7-8,11H2,(H,20,22)(H2,19,21,25). The summed E-state index contributed by atoms with van der Waals surface area (Å²) in [6.07, 6.45) is 1.69. The quantitative estimate of drug-likeness (QED) is 0.670. The summed E-state index contributed by atoms with van der Waals surface area (Å²) < 4.78 is 5.40. The third-order valence-corrected chi connectivity index (χ3v) is 4.13. The molecule has 0 bridgehead atoms. The van der Waals surface area contributed by atoms with Crippen molar-refractivity contribution in [3.05, 3.63) is 48.7 Å². The van der Waals surface area contributed by atoms with Crippen molar-refractivity contribution in [2.24, 2.45) is 0 Å². The molecule has 26 heavy (non-hydrogen) atoms. The number of ether oxygens (including phenoxy) is 1. The number of hydrogen-bond donors (Lipinski definition) is 3. The second-order valence-electron chi connectivity index (χ2n) is 5.85. The Labute approximate surface area is 149 Å². The first-order chi connectivity index (χ1) is 12.7. The number of nitrogens with zero attached hydrogens (tertiary/aromatic N) is 2. The van der Waals surface area contributed by atoms with Crippen molar-refractivity contribution in [2.75, 3.05) is 29.9 Å². The predicted molar refractivity (Wildman–Crippen MR) is 97.4 cm³/mol. The van der Waals surface area contributed by atoms with Crippen molar-refractivity contribution in [1.82, 2.24) is 15.5 Å². The van der Waals surface area contributed by atoms with Crippen LogP contribution in [0.1, 0.15) is 0 Å². The van der Waals surface area contributed by atoms with Crippen molar-refractivity contribution in [2.45, 2.75) is 0 Å². The normalized spacial score (nSPS) is 13.2. The molecule has 132 valence electrons. The number of rotatable bonds is 4. The Bertz CT molecular complexity index is 968. The molecule has 0 saturated heterocycles. The van der Waals surface area contributed by atoms with E-state index in [0.717, 1.165) is 16.6 Å². The van der Waals surface area contributed by atoms with Crippen LogP contribution in [0.2, 0.25) is 0 Å². The zero-order valence-electron chi connectivity index (χ0n) is 13.9. The highest BCUT2D eigenvalue weighted by Gasteiger charge is 2.24. The fourth-order valence-electron chi connectivity index (χ4n) is 2.88. The van der Waals surface area contributed by atoms with Crippen molar-refractivity contribution in [1.29, 1.82) is 0 Å². The molecular formula is C18H17N5O3. The van der Waals surface area contributed by atoms with E-state index in [0.29, 0.717) is 24.5 Å². The van der Waals surface area contributed by atoms with E-state index in [-0.39, 0.29) is 18.5 Å². The number of hydrogen-bond acceptors (Lipinski definition) is 4. The van der Waals surface area contributed by atoms with Crippen LogP contribution in [0, 0.1) is 0 Å². The van der Waals surface area contributed by atoms with Gasteiger partial charge in [-0.25, -0.2) is 4.79 Å². The van der Waals surface area contributed by atoms with Gasteiger partial charge in [0.25, 0.3) is 5.91 Å². The topological polar surface area (TPSA) is 99.4 Å². The van der Waals surface area contributed by atoms with Gasteiger partial charge in [-0.1, -0.05) is 12.1 Å². The molecule has 3 N–H and O–H groups in total. The number of benzene rings is 2. The van der Waals surface area contributed by atoms with Gasteiger partial charge < -0.3 is 20.3 Å². The molecule has 1 aliphatic rings. The SMILES string of the molecule is O=C(NCCN1C(=O)COc2ccccc21)Nc1ccc2[nH]ncc2c1. The van der Waals surface area contributed by atoms with E-state index in [4.69, 9.17) is 4.74 Å². The predicted octanol–water partition coefficient (Wildman–Crippen LogP) is 2.11. The number of amides is 3. The van der Waals surface area contributed by atoms with Crippen molar-refractivity contribution in [3.63, 3.8) is 0 Å². The summed E-state index contributed by atoms with van der Waals surface area (Å²) >= 11 is 0. The number of carbonyl (C=O) groups is 2. The second kappa shape index (κ2) is 6.75. The average molecular weight is 351 g/mol. The van der Waals surface area contributed by atoms with Gasteiger partial charge in [-0.2, -0.15) is 5.10 Å². The van der Waals surface area contributed by atoms with Gasteiger partial charge in [-0.3, -0.25) is 9.89 Å². The van der Waals surface area contributed by atoms with Gasteiger partial charge >= 0.3 is 6.03 Å². The van der Waals surface area contributed by atoms with E-state index in [9.17, 15) is 9.59 Å². The minimum atomic E-state index is -0.332. The molecule has 0 fully saturated rings. The molecule has 2 heterocycles. The Balaban J connectivity index is 1.34. The maximum absolute atomic E-state index is 12.1. The number of fused-ring (bicyclic) bond motifs is 2. The second-order valence-corrected chi connectivity index (χ2v) is 5.85. The number of anilines is 2. The zero-order valence-corrected chi connectivity index (χ0v) is 13.9. The molecule has 0 radical (unpaired) electrons. The Morgan fingerprint density at radius 1 is 1.27 bits per heavy atom. The Morgan fingerprint density at radius 3 is 3.08 bits per heavy atom. The third kappa shape index (κ3) is 3.16. The van der Waals surface area contributed by atoms with Gasteiger partial charge in [0.05, 0.1) is 17.4 Å². The molecule has 2 aromatic carbocycles. The van der Waals surface area contributed by atoms with Crippen molar-refractivity contribution in [3.8, 4) is 5.75 Å². The van der Waals surface area contributed by atoms with Crippen LogP contribution in [0.5, 0.6) is 5.75 Å². The molecule has 0 aliphatic carbocycles. The highest BCUT2D eigenvalue weighted by atomic mass is 16.5. The maximum atomic E-state index is 12.1. The van der Waals surface area contributed by atoms with Crippen LogP contribution in [0.3, 0.4) is 0 Å². The molecule has 8 heteroatoms. The van der Waals surface area contributed by atoms with E-state index in [1.165, 1.54) is 0 Å². The van der Waals surface area contributed by atoms with E-state index >= 15 is 0 Å². The summed E-state index contributed by atoms with van der Waals surface area (Å²) in [5.74, 6) is 0.543. The van der Waals surface area contributed by atoms with Crippen LogP contribution >= 0.6 is 0 Å². The zero-order chi connectivity index (χ0) is 17.9. The van der Waals surface area contributed by atoms with Gasteiger partial charge in [0.2, 0.25) is 0 Å². The lowest BCUT2D eigenvalue weighted by atomic mass is 10.2. The van der Waals surface area contributed by atoms with Crippen LogP contribution in [0.15, 0.2) is 48.7 Å². The highest BCUT2D eigenvalue weighted by Crippen LogP contribution is 2.30.